The van der Waals surface area contributed by atoms with E-state index >= 15 is 0 Å². The molecule has 0 aliphatic heterocycles. The number of hydrogen-bond donors (Lipinski definition) is 1. The molecule has 0 saturated heterocycles. The van der Waals surface area contributed by atoms with E-state index in [2.05, 4.69) is 15.5 Å². The van der Waals surface area contributed by atoms with Crippen molar-refractivity contribution in [3.05, 3.63) is 59.9 Å². The fourth-order valence-electron chi connectivity index (χ4n) is 2.79. The molecular weight excluding hydrogens is 450 g/mol. The van der Waals surface area contributed by atoms with E-state index in [1.165, 1.54) is 44.2 Å². The predicted octanol–water partition coefficient (Wildman–Crippen LogP) is 1.63. The number of hydrogen-bond acceptors (Lipinski definition) is 8. The van der Waals surface area contributed by atoms with Crippen molar-refractivity contribution in [1.29, 1.82) is 0 Å². The van der Waals surface area contributed by atoms with Crippen molar-refractivity contribution in [2.45, 2.75) is 11.8 Å². The summed E-state index contributed by atoms with van der Waals surface area (Å²) >= 11 is 0. The van der Waals surface area contributed by atoms with Gasteiger partial charge < -0.3 is 14.8 Å². The van der Waals surface area contributed by atoms with E-state index in [1.54, 1.807) is 19.1 Å². The molecule has 0 fully saturated rings. The van der Waals surface area contributed by atoms with Crippen molar-refractivity contribution in [1.82, 2.24) is 19.3 Å². The Morgan fingerprint density at radius 3 is 2.42 bits per heavy atom. The van der Waals surface area contributed by atoms with Gasteiger partial charge in [-0.15, -0.1) is 5.10 Å². The predicted molar refractivity (Wildman–Crippen MR) is 119 cm³/mol. The maximum Gasteiger partial charge on any atom is 0.361 e. The van der Waals surface area contributed by atoms with Crippen LogP contribution in [0.2, 0.25) is 0 Å². The van der Waals surface area contributed by atoms with Gasteiger partial charge in [0, 0.05) is 14.1 Å². The Morgan fingerprint density at radius 1 is 1.09 bits per heavy atom. The van der Waals surface area contributed by atoms with E-state index < -0.39 is 28.5 Å². The van der Waals surface area contributed by atoms with Crippen molar-refractivity contribution in [3.8, 4) is 11.4 Å². The molecule has 0 aliphatic rings. The highest BCUT2D eigenvalue weighted by Crippen LogP contribution is 2.28. The Morgan fingerprint density at radius 2 is 1.79 bits per heavy atom. The Bertz CT molecular complexity index is 1270. The van der Waals surface area contributed by atoms with Crippen molar-refractivity contribution in [2.24, 2.45) is 0 Å². The lowest BCUT2D eigenvalue weighted by molar-refractivity contribution is -0.119. The molecule has 0 bridgehead atoms. The minimum absolute atomic E-state index is 0.0247. The van der Waals surface area contributed by atoms with Crippen LogP contribution < -0.4 is 10.1 Å². The number of anilines is 1. The van der Waals surface area contributed by atoms with Gasteiger partial charge in [-0.3, -0.25) is 4.79 Å². The van der Waals surface area contributed by atoms with Crippen molar-refractivity contribution >= 4 is 27.6 Å². The summed E-state index contributed by atoms with van der Waals surface area (Å²) in [6.45, 7) is 0.981. The van der Waals surface area contributed by atoms with Gasteiger partial charge in [0.2, 0.25) is 10.0 Å². The summed E-state index contributed by atoms with van der Waals surface area (Å²) in [7, 11) is 0.447. The van der Waals surface area contributed by atoms with Crippen LogP contribution in [0.25, 0.3) is 5.69 Å². The van der Waals surface area contributed by atoms with Gasteiger partial charge in [0.1, 0.15) is 5.75 Å². The number of carbonyl (C=O) groups excluding carboxylic acids is 2. The average Bonchev–Trinajstić information content (AvgIpc) is 3.19. The molecule has 1 N–H and O–H groups in total. The molecule has 1 aromatic heterocycles. The highest BCUT2D eigenvalue weighted by molar-refractivity contribution is 7.89. The lowest BCUT2D eigenvalue weighted by atomic mass is 10.3. The van der Waals surface area contributed by atoms with E-state index in [0.717, 1.165) is 4.31 Å². The van der Waals surface area contributed by atoms with Gasteiger partial charge in [-0.1, -0.05) is 18.2 Å². The van der Waals surface area contributed by atoms with Gasteiger partial charge in [-0.25, -0.2) is 17.5 Å². The largest absolute Gasteiger partial charge is 0.495 e. The van der Waals surface area contributed by atoms with Crippen LogP contribution in [0.1, 0.15) is 16.2 Å². The zero-order chi connectivity index (χ0) is 24.2. The van der Waals surface area contributed by atoms with Crippen LogP contribution in [-0.2, 0) is 19.6 Å². The molecule has 1 amide bonds. The molecule has 2 aromatic carbocycles. The smallest absolute Gasteiger partial charge is 0.361 e. The summed E-state index contributed by atoms with van der Waals surface area (Å²) in [5.74, 6) is -1.26. The highest BCUT2D eigenvalue weighted by Gasteiger charge is 2.22. The number of sulfonamides is 1. The SMILES string of the molecule is COc1ccc(S(=O)(=O)N(C)C)cc1NC(=O)COC(=O)c1nn(-c2ccccc2)nc1C. The topological polar surface area (TPSA) is 133 Å². The van der Waals surface area contributed by atoms with E-state index in [-0.39, 0.29) is 22.0 Å². The number of para-hydroxylation sites is 1. The number of aromatic nitrogens is 3. The van der Waals surface area contributed by atoms with Gasteiger partial charge in [0.05, 0.1) is 29.1 Å². The first-order chi connectivity index (χ1) is 15.6. The highest BCUT2D eigenvalue weighted by atomic mass is 32.2. The molecule has 1 heterocycles. The molecule has 0 aliphatic carbocycles. The number of nitrogens with zero attached hydrogens (tertiary/aromatic N) is 4. The molecule has 11 nitrogen and oxygen atoms in total. The molecule has 174 valence electrons. The third-order valence-corrected chi connectivity index (χ3v) is 6.33. The second kappa shape index (κ2) is 9.79. The molecule has 0 saturated carbocycles. The molecule has 0 atom stereocenters. The molecular formula is C21H23N5O6S. The number of ether oxygens (including phenoxy) is 2. The zero-order valence-corrected chi connectivity index (χ0v) is 19.3. The van der Waals surface area contributed by atoms with Gasteiger partial charge >= 0.3 is 5.97 Å². The van der Waals surface area contributed by atoms with Crippen LogP contribution in [0.5, 0.6) is 5.75 Å². The third kappa shape index (κ3) is 5.35. The summed E-state index contributed by atoms with van der Waals surface area (Å²) in [5.41, 5.74) is 1.10. The van der Waals surface area contributed by atoms with Crippen molar-refractivity contribution in [2.75, 3.05) is 33.1 Å². The Kier molecular flexibility index (Phi) is 7.09. The zero-order valence-electron chi connectivity index (χ0n) is 18.5. The van der Waals surface area contributed by atoms with E-state index in [9.17, 15) is 18.0 Å². The monoisotopic (exact) mass is 473 g/mol. The summed E-state index contributed by atoms with van der Waals surface area (Å²) in [5, 5.41) is 10.8. The number of amides is 1. The van der Waals surface area contributed by atoms with Crippen LogP contribution >= 0.6 is 0 Å². The number of benzene rings is 2. The standard InChI is InChI=1S/C21H23N5O6S/c1-14-20(24-26(23-14)15-8-6-5-7-9-15)21(28)32-13-19(27)22-17-12-16(10-11-18(17)31-4)33(29,30)25(2)3/h5-12H,13H2,1-4H3,(H,22,27). The van der Waals surface area contributed by atoms with Gasteiger partial charge in [0.15, 0.2) is 12.3 Å². The maximum absolute atomic E-state index is 12.4. The number of rotatable bonds is 8. The maximum atomic E-state index is 12.4. The molecule has 12 heteroatoms. The van der Waals surface area contributed by atoms with Gasteiger partial charge in [-0.2, -0.15) is 9.90 Å². The van der Waals surface area contributed by atoms with Crippen LogP contribution in [0.4, 0.5) is 5.69 Å². The summed E-state index contributed by atoms with van der Waals surface area (Å²) in [6, 6.07) is 13.1. The number of carbonyl (C=O) groups is 2. The molecule has 33 heavy (non-hydrogen) atoms. The molecule has 0 spiro atoms. The summed E-state index contributed by atoms with van der Waals surface area (Å²) < 4.78 is 36.0. The first kappa shape index (κ1) is 23.9. The fraction of sp³-hybridized carbons (Fsp3) is 0.238. The number of esters is 1. The lowest BCUT2D eigenvalue weighted by Crippen LogP contribution is -2.24. The van der Waals surface area contributed by atoms with Crippen molar-refractivity contribution < 1.29 is 27.5 Å². The molecule has 0 radical (unpaired) electrons. The van der Waals surface area contributed by atoms with Gasteiger partial charge in [0.25, 0.3) is 5.91 Å². The molecule has 0 unspecified atom stereocenters. The van der Waals surface area contributed by atoms with E-state index in [1.807, 2.05) is 18.2 Å². The minimum Gasteiger partial charge on any atom is -0.495 e. The minimum atomic E-state index is -3.72. The average molecular weight is 474 g/mol. The first-order valence-corrected chi connectivity index (χ1v) is 11.1. The Balaban J connectivity index is 1.70. The summed E-state index contributed by atoms with van der Waals surface area (Å²) in [4.78, 5) is 26.1. The normalized spacial score (nSPS) is 11.3. The molecule has 3 aromatic rings. The van der Waals surface area contributed by atoms with Crippen LogP contribution in [0.15, 0.2) is 53.4 Å². The van der Waals surface area contributed by atoms with Crippen LogP contribution in [-0.4, -0.2) is 67.4 Å². The fourth-order valence-corrected chi connectivity index (χ4v) is 3.71. The number of aryl methyl sites for hydroxylation is 1. The Labute approximate surface area is 191 Å². The second-order valence-electron chi connectivity index (χ2n) is 7.03. The number of methoxy groups -OCH3 is 1. The second-order valence-corrected chi connectivity index (χ2v) is 9.18. The lowest BCUT2D eigenvalue weighted by Gasteiger charge is -2.15. The van der Waals surface area contributed by atoms with E-state index in [0.29, 0.717) is 11.4 Å². The third-order valence-electron chi connectivity index (χ3n) is 4.52. The first-order valence-electron chi connectivity index (χ1n) is 9.70. The Hall–Kier alpha value is -3.77. The number of nitrogens with one attached hydrogen (secondary N) is 1. The quantitative estimate of drug-likeness (QED) is 0.488. The van der Waals surface area contributed by atoms with Gasteiger partial charge in [-0.05, 0) is 37.3 Å². The van der Waals surface area contributed by atoms with E-state index in [4.69, 9.17) is 9.47 Å². The van der Waals surface area contributed by atoms with Crippen LogP contribution in [0.3, 0.4) is 0 Å². The summed E-state index contributed by atoms with van der Waals surface area (Å²) in [6.07, 6.45) is 0. The van der Waals surface area contributed by atoms with Crippen molar-refractivity contribution in [3.63, 3.8) is 0 Å². The molecule has 3 rings (SSSR count). The van der Waals surface area contributed by atoms with Crippen LogP contribution in [0, 0.1) is 6.92 Å².